The minimum Gasteiger partial charge on any atom is -0.450 e. The summed E-state index contributed by atoms with van der Waals surface area (Å²) in [6, 6.07) is 4.90. The molecule has 240 valence electrons. The zero-order valence-electron chi connectivity index (χ0n) is 25.8. The van der Waals surface area contributed by atoms with E-state index in [2.05, 4.69) is 23.0 Å². The number of carbonyl (C=O) groups is 1. The van der Waals surface area contributed by atoms with Crippen molar-refractivity contribution in [1.82, 2.24) is 10.2 Å². The zero-order valence-corrected chi connectivity index (χ0v) is 27.4. The number of nitrogens with zero attached hydrogens (tertiary/aromatic N) is 1. The molecule has 1 aliphatic rings. The van der Waals surface area contributed by atoms with Gasteiger partial charge in [-0.1, -0.05) is 63.6 Å². The average Bonchev–Trinajstić information content (AvgIpc) is 2.93. The summed E-state index contributed by atoms with van der Waals surface area (Å²) in [5, 5.41) is 3.56. The molecule has 0 aromatic heterocycles. The van der Waals surface area contributed by atoms with E-state index in [0.717, 1.165) is 49.1 Å². The van der Waals surface area contributed by atoms with Crippen molar-refractivity contribution in [3.8, 4) is 0 Å². The molecule has 1 N–H and O–H groups in total. The molecular weight excluding hydrogens is 593 g/mol. The Bertz CT molecular complexity index is 1160. The Hall–Kier alpha value is -2.66. The molecule has 1 fully saturated rings. The molecule has 7 nitrogen and oxygen atoms in total. The molecule has 2 atom stereocenters. The van der Waals surface area contributed by atoms with Gasteiger partial charge in [0, 0.05) is 24.0 Å². The first kappa shape index (κ1) is 39.3. The van der Waals surface area contributed by atoms with Gasteiger partial charge in [0.2, 0.25) is 0 Å². The van der Waals surface area contributed by atoms with Crippen LogP contribution in [0.15, 0.2) is 48.9 Å². The molecule has 12 heteroatoms. The molecule has 1 amide bonds. The van der Waals surface area contributed by atoms with Gasteiger partial charge in [0.25, 0.3) is 0 Å². The van der Waals surface area contributed by atoms with Gasteiger partial charge in [-0.25, -0.2) is 4.79 Å². The minimum absolute atomic E-state index is 0.149. The molecule has 2 unspecified atom stereocenters. The fourth-order valence-electron chi connectivity index (χ4n) is 4.12. The van der Waals surface area contributed by atoms with E-state index >= 15 is 0 Å². The quantitative estimate of drug-likeness (QED) is 0.126. The third-order valence-corrected chi connectivity index (χ3v) is 8.22. The Labute approximate surface area is 254 Å². The van der Waals surface area contributed by atoms with E-state index in [1.807, 2.05) is 54.5 Å². The second-order valence-electron chi connectivity index (χ2n) is 9.68. The molecule has 1 aromatic carbocycles. The van der Waals surface area contributed by atoms with Gasteiger partial charge in [0.15, 0.2) is 0 Å². The van der Waals surface area contributed by atoms with Crippen molar-refractivity contribution in [3.63, 3.8) is 0 Å². The van der Waals surface area contributed by atoms with Gasteiger partial charge in [-0.2, -0.15) is 21.6 Å². The van der Waals surface area contributed by atoms with Crippen LogP contribution in [0.2, 0.25) is 5.02 Å². The van der Waals surface area contributed by atoms with Gasteiger partial charge in [-0.3, -0.25) is 0 Å². The van der Waals surface area contributed by atoms with E-state index in [-0.39, 0.29) is 12.0 Å². The molecule has 42 heavy (non-hydrogen) atoms. The van der Waals surface area contributed by atoms with Crippen molar-refractivity contribution < 1.29 is 35.3 Å². The molecule has 1 aromatic rings. The number of hydrogen-bond acceptors (Lipinski definition) is 6. The fraction of sp³-hybridized carbons (Fsp3) is 0.567. The Morgan fingerprint density at radius 1 is 1.26 bits per heavy atom. The largest absolute Gasteiger partial charge is 0.534 e. The third kappa shape index (κ3) is 11.6. The first-order valence-electron chi connectivity index (χ1n) is 13.9. The summed E-state index contributed by atoms with van der Waals surface area (Å²) in [5.74, 6) is 0.577. The number of ether oxygens (including phenoxy) is 1. The number of rotatable bonds is 9. The molecule has 0 radical (unpaired) electrons. The molecule has 2 rings (SSSR count). The Kier molecular flexibility index (Phi) is 17.0. The first-order valence-corrected chi connectivity index (χ1v) is 15.7. The lowest BCUT2D eigenvalue weighted by molar-refractivity contribution is -0.0514. The maximum atomic E-state index is 12.4. The number of alkyl halides is 3. The van der Waals surface area contributed by atoms with E-state index in [1.165, 1.54) is 6.07 Å². The summed E-state index contributed by atoms with van der Waals surface area (Å²) in [7, 11) is -5.72. The predicted octanol–water partition coefficient (Wildman–Crippen LogP) is 8.64. The van der Waals surface area contributed by atoms with Crippen LogP contribution in [0, 0.1) is 5.92 Å². The molecule has 0 bridgehead atoms. The summed E-state index contributed by atoms with van der Waals surface area (Å²) >= 11 is 6.01. The molecule has 1 heterocycles. The number of piperidine rings is 1. The highest BCUT2D eigenvalue weighted by atomic mass is 35.5. The van der Waals surface area contributed by atoms with E-state index in [4.69, 9.17) is 16.3 Å². The van der Waals surface area contributed by atoms with Crippen LogP contribution < -0.4 is 5.32 Å². The Morgan fingerprint density at radius 2 is 1.83 bits per heavy atom. The maximum absolute atomic E-state index is 12.4. The normalized spacial score (nSPS) is 16.7. The molecule has 1 aliphatic heterocycles. The van der Waals surface area contributed by atoms with Gasteiger partial charge in [-0.15, -0.1) is 0 Å². The molecule has 0 saturated carbocycles. The molecular formula is C30H46ClF3N2O5S. The summed E-state index contributed by atoms with van der Waals surface area (Å²) < 4.78 is 68.2. The average molecular weight is 639 g/mol. The van der Waals surface area contributed by atoms with Crippen molar-refractivity contribution in [2.24, 2.45) is 5.92 Å². The lowest BCUT2D eigenvalue weighted by Crippen LogP contribution is -2.45. The monoisotopic (exact) mass is 638 g/mol. The van der Waals surface area contributed by atoms with Crippen molar-refractivity contribution in [2.75, 3.05) is 19.7 Å². The number of likely N-dealkylation sites (tertiary alicyclic amines) is 1. The Balaban J connectivity index is 0.000000994. The number of carbonyl (C=O) groups excluding carboxylic acids is 1. The number of hydrogen-bond donors (Lipinski definition) is 1. The van der Waals surface area contributed by atoms with Crippen molar-refractivity contribution in [2.45, 2.75) is 85.2 Å². The van der Waals surface area contributed by atoms with Gasteiger partial charge in [0.05, 0.1) is 12.1 Å². The SMILES string of the molecule is C=CNC(C)(/C(C)=C\C)C(C)c1ccc(Cl)cc1/C=C/OS(=O)(=O)C(F)(F)F.CC.CCOC(=O)N1CCC(C)CC1. The highest BCUT2D eigenvalue weighted by molar-refractivity contribution is 7.87. The topological polar surface area (TPSA) is 84.9 Å². The fourth-order valence-corrected chi connectivity index (χ4v) is 4.61. The first-order chi connectivity index (χ1) is 19.5. The van der Waals surface area contributed by atoms with Crippen LogP contribution in [0.4, 0.5) is 18.0 Å². The lowest BCUT2D eigenvalue weighted by atomic mass is 9.75. The Morgan fingerprint density at radius 3 is 2.31 bits per heavy atom. The standard InChI is InChI=1S/C19H23ClF3NO3S.C9H17NO2.C2H6/c1-6-13(3)18(5,24-7-2)14(4)17-9-8-16(20)12-15(17)10-11-27-28(25,26)19(21,22)23;1-3-12-9(11)10-6-4-8(2)5-7-10;1-2/h6-12,14,24H,2H2,1,3-5H3;8H,3-7H2,1-2H3;1-2H3/b11-10+,13-6-;;. The minimum atomic E-state index is -5.72. The number of allylic oxidation sites excluding steroid dienone is 1. The van der Waals surface area contributed by atoms with E-state index in [0.29, 0.717) is 23.5 Å². The van der Waals surface area contributed by atoms with Crippen molar-refractivity contribution in [3.05, 3.63) is 65.0 Å². The van der Waals surface area contributed by atoms with Gasteiger partial charge in [-0.05, 0) is 82.0 Å². The second kappa shape index (κ2) is 18.1. The zero-order chi connectivity index (χ0) is 32.7. The van der Waals surface area contributed by atoms with Gasteiger partial charge < -0.3 is 19.1 Å². The predicted molar refractivity (Wildman–Crippen MR) is 164 cm³/mol. The van der Waals surface area contributed by atoms with E-state index in [1.54, 1.807) is 23.2 Å². The number of amides is 1. The van der Waals surface area contributed by atoms with E-state index in [9.17, 15) is 26.4 Å². The summed E-state index contributed by atoms with van der Waals surface area (Å²) in [5.41, 5.74) is -3.88. The van der Waals surface area contributed by atoms with Gasteiger partial charge in [0.1, 0.15) is 6.26 Å². The summed E-state index contributed by atoms with van der Waals surface area (Å²) in [6.07, 6.45) is 7.21. The summed E-state index contributed by atoms with van der Waals surface area (Å²) in [6.45, 7) is 21.7. The van der Waals surface area contributed by atoms with Gasteiger partial charge >= 0.3 is 21.7 Å². The van der Waals surface area contributed by atoms with Crippen molar-refractivity contribution >= 4 is 33.9 Å². The maximum Gasteiger partial charge on any atom is 0.534 e. The van der Waals surface area contributed by atoms with Crippen LogP contribution in [-0.2, 0) is 19.0 Å². The van der Waals surface area contributed by atoms with Crippen molar-refractivity contribution in [1.29, 1.82) is 0 Å². The number of halogens is 4. The van der Waals surface area contributed by atoms with E-state index < -0.39 is 21.2 Å². The summed E-state index contributed by atoms with van der Waals surface area (Å²) in [4.78, 5) is 13.0. The van der Waals surface area contributed by atoms with Crippen LogP contribution in [0.25, 0.3) is 6.08 Å². The van der Waals surface area contributed by atoms with Crippen LogP contribution in [-0.4, -0.2) is 50.2 Å². The van der Waals surface area contributed by atoms with Crippen LogP contribution in [0.5, 0.6) is 0 Å². The highest BCUT2D eigenvalue weighted by Crippen LogP contribution is 2.37. The van der Waals surface area contributed by atoms with Crippen LogP contribution in [0.1, 0.15) is 85.3 Å². The van der Waals surface area contributed by atoms with Crippen LogP contribution in [0.3, 0.4) is 0 Å². The molecule has 0 spiro atoms. The number of nitrogens with one attached hydrogen (secondary N) is 1. The van der Waals surface area contributed by atoms with Crippen LogP contribution >= 0.6 is 11.6 Å². The number of benzene rings is 1. The second-order valence-corrected chi connectivity index (χ2v) is 11.7. The lowest BCUT2D eigenvalue weighted by Gasteiger charge is -2.38. The smallest absolute Gasteiger partial charge is 0.450 e. The highest BCUT2D eigenvalue weighted by Gasteiger charge is 2.47. The third-order valence-electron chi connectivity index (χ3n) is 7.06. The molecule has 0 aliphatic carbocycles. The molecule has 1 saturated heterocycles.